The van der Waals surface area contributed by atoms with E-state index in [9.17, 15) is 4.79 Å². The third-order valence-corrected chi connectivity index (χ3v) is 2.79. The molecule has 0 saturated heterocycles. The molecule has 0 saturated carbocycles. The van der Waals surface area contributed by atoms with E-state index in [1.807, 2.05) is 0 Å². The lowest BCUT2D eigenvalue weighted by Gasteiger charge is -2.29. The van der Waals surface area contributed by atoms with Crippen LogP contribution in [0.15, 0.2) is 18.2 Å². The number of aliphatic hydroxyl groups is 1. The van der Waals surface area contributed by atoms with Gasteiger partial charge in [-0.1, -0.05) is 11.6 Å². The molecule has 18 heavy (non-hydrogen) atoms. The van der Waals surface area contributed by atoms with Crippen LogP contribution in [0, 0.1) is 0 Å². The average Bonchev–Trinajstić information content (AvgIpc) is 2.36. The minimum Gasteiger partial charge on any atom is -0.482 e. The van der Waals surface area contributed by atoms with Gasteiger partial charge in [0.05, 0.1) is 25.5 Å². The van der Waals surface area contributed by atoms with Crippen LogP contribution in [0.3, 0.4) is 0 Å². The standard InChI is InChI=1S/C12H14ClNO4/c13-9-1-2-11-10(7-9)14(12(16)8-18-11)3-5-17-6-4-15/h1-2,7,15H,3-6,8H2. The van der Waals surface area contributed by atoms with Crippen molar-refractivity contribution in [2.45, 2.75) is 0 Å². The van der Waals surface area contributed by atoms with Crippen molar-refractivity contribution in [3.63, 3.8) is 0 Å². The fraction of sp³-hybridized carbons (Fsp3) is 0.417. The van der Waals surface area contributed by atoms with E-state index in [-0.39, 0.29) is 25.7 Å². The Kier molecular flexibility index (Phi) is 4.41. The van der Waals surface area contributed by atoms with Gasteiger partial charge in [0.25, 0.3) is 5.91 Å². The van der Waals surface area contributed by atoms with Crippen molar-refractivity contribution < 1.29 is 19.4 Å². The smallest absolute Gasteiger partial charge is 0.265 e. The lowest BCUT2D eigenvalue weighted by molar-refractivity contribution is -0.121. The van der Waals surface area contributed by atoms with Gasteiger partial charge < -0.3 is 19.5 Å². The van der Waals surface area contributed by atoms with Gasteiger partial charge in [-0.2, -0.15) is 0 Å². The number of anilines is 1. The number of amides is 1. The molecule has 0 aromatic heterocycles. The largest absolute Gasteiger partial charge is 0.482 e. The summed E-state index contributed by atoms with van der Waals surface area (Å²) >= 11 is 5.92. The van der Waals surface area contributed by atoms with Crippen LogP contribution < -0.4 is 9.64 Å². The minimum atomic E-state index is -0.127. The van der Waals surface area contributed by atoms with Gasteiger partial charge in [-0.15, -0.1) is 0 Å². The first-order valence-electron chi connectivity index (χ1n) is 5.63. The highest BCUT2D eigenvalue weighted by atomic mass is 35.5. The van der Waals surface area contributed by atoms with Crippen LogP contribution >= 0.6 is 11.6 Å². The number of nitrogens with zero attached hydrogens (tertiary/aromatic N) is 1. The number of ether oxygens (including phenoxy) is 2. The highest BCUT2D eigenvalue weighted by Gasteiger charge is 2.25. The molecule has 1 heterocycles. The zero-order valence-corrected chi connectivity index (χ0v) is 10.5. The number of hydrogen-bond donors (Lipinski definition) is 1. The molecular formula is C12H14ClNO4. The van der Waals surface area contributed by atoms with Gasteiger partial charge in [0.15, 0.2) is 6.61 Å². The van der Waals surface area contributed by atoms with E-state index in [2.05, 4.69) is 0 Å². The average molecular weight is 272 g/mol. The quantitative estimate of drug-likeness (QED) is 0.814. The molecule has 0 fully saturated rings. The Bertz CT molecular complexity index is 438. The van der Waals surface area contributed by atoms with E-state index in [0.29, 0.717) is 29.6 Å². The van der Waals surface area contributed by atoms with Gasteiger partial charge in [-0.3, -0.25) is 4.79 Å². The summed E-state index contributed by atoms with van der Waals surface area (Å²) in [4.78, 5) is 13.4. The SMILES string of the molecule is O=C1COc2ccc(Cl)cc2N1CCOCCO. The Morgan fingerprint density at radius 3 is 3.06 bits per heavy atom. The van der Waals surface area contributed by atoms with Gasteiger partial charge >= 0.3 is 0 Å². The first-order valence-corrected chi connectivity index (χ1v) is 6.01. The molecule has 1 aromatic carbocycles. The maximum absolute atomic E-state index is 11.8. The van der Waals surface area contributed by atoms with Crippen LogP contribution in [0.2, 0.25) is 5.02 Å². The van der Waals surface area contributed by atoms with Crippen LogP contribution in [-0.2, 0) is 9.53 Å². The summed E-state index contributed by atoms with van der Waals surface area (Å²) in [5, 5.41) is 9.16. The van der Waals surface area contributed by atoms with E-state index < -0.39 is 0 Å². The summed E-state index contributed by atoms with van der Waals surface area (Å²) in [6.45, 7) is 1.03. The van der Waals surface area contributed by atoms with Crippen molar-refractivity contribution >= 4 is 23.2 Å². The molecule has 0 aliphatic carbocycles. The fourth-order valence-corrected chi connectivity index (χ4v) is 1.91. The molecule has 0 spiro atoms. The predicted molar refractivity (Wildman–Crippen MR) is 67.2 cm³/mol. The fourth-order valence-electron chi connectivity index (χ4n) is 1.74. The molecule has 2 rings (SSSR count). The molecule has 1 aliphatic heterocycles. The number of carbonyl (C=O) groups excluding carboxylic acids is 1. The second-order valence-corrected chi connectivity index (χ2v) is 4.22. The lowest BCUT2D eigenvalue weighted by atomic mass is 10.2. The van der Waals surface area contributed by atoms with Crippen molar-refractivity contribution in [1.29, 1.82) is 0 Å². The van der Waals surface area contributed by atoms with Crippen molar-refractivity contribution in [2.24, 2.45) is 0 Å². The number of halogens is 1. The molecular weight excluding hydrogens is 258 g/mol. The summed E-state index contributed by atoms with van der Waals surface area (Å²) in [6.07, 6.45) is 0. The predicted octanol–water partition coefficient (Wildman–Crippen LogP) is 1.07. The summed E-state index contributed by atoms with van der Waals surface area (Å²) in [5.74, 6) is 0.513. The zero-order chi connectivity index (χ0) is 13.0. The first-order chi connectivity index (χ1) is 8.72. The van der Waals surface area contributed by atoms with Crippen molar-refractivity contribution in [1.82, 2.24) is 0 Å². The van der Waals surface area contributed by atoms with Gasteiger partial charge in [0.2, 0.25) is 0 Å². The van der Waals surface area contributed by atoms with Crippen LogP contribution in [0.5, 0.6) is 5.75 Å². The first kappa shape index (κ1) is 13.1. The van der Waals surface area contributed by atoms with Crippen molar-refractivity contribution in [3.8, 4) is 5.75 Å². The van der Waals surface area contributed by atoms with E-state index in [1.54, 1.807) is 23.1 Å². The van der Waals surface area contributed by atoms with Gasteiger partial charge in [-0.25, -0.2) is 0 Å². The molecule has 0 radical (unpaired) electrons. The normalized spacial score (nSPS) is 14.3. The third kappa shape index (κ3) is 2.93. The minimum absolute atomic E-state index is 0.0225. The van der Waals surface area contributed by atoms with Crippen LogP contribution in [-0.4, -0.2) is 44.0 Å². The van der Waals surface area contributed by atoms with Gasteiger partial charge in [0, 0.05) is 11.6 Å². The maximum Gasteiger partial charge on any atom is 0.265 e. The highest BCUT2D eigenvalue weighted by molar-refractivity contribution is 6.31. The summed E-state index contributed by atoms with van der Waals surface area (Å²) in [6, 6.07) is 5.16. The van der Waals surface area contributed by atoms with Crippen molar-refractivity contribution in [2.75, 3.05) is 37.9 Å². The molecule has 0 atom stereocenters. The third-order valence-electron chi connectivity index (χ3n) is 2.56. The Morgan fingerprint density at radius 2 is 2.28 bits per heavy atom. The van der Waals surface area contributed by atoms with Crippen LogP contribution in [0.1, 0.15) is 0 Å². The van der Waals surface area contributed by atoms with Gasteiger partial charge in [-0.05, 0) is 18.2 Å². The van der Waals surface area contributed by atoms with Crippen LogP contribution in [0.4, 0.5) is 5.69 Å². The molecule has 5 nitrogen and oxygen atoms in total. The molecule has 0 unspecified atom stereocenters. The molecule has 1 aromatic rings. The molecule has 6 heteroatoms. The Hall–Kier alpha value is -1.30. The lowest BCUT2D eigenvalue weighted by Crippen LogP contribution is -2.40. The maximum atomic E-state index is 11.8. The second kappa shape index (κ2) is 6.04. The molecule has 1 amide bonds. The highest BCUT2D eigenvalue weighted by Crippen LogP contribution is 2.34. The summed E-state index contributed by atoms with van der Waals surface area (Å²) in [7, 11) is 0. The number of fused-ring (bicyclic) bond motifs is 1. The number of hydrogen-bond acceptors (Lipinski definition) is 4. The van der Waals surface area contributed by atoms with Crippen molar-refractivity contribution in [3.05, 3.63) is 23.2 Å². The summed E-state index contributed by atoms with van der Waals surface area (Å²) in [5.41, 5.74) is 0.659. The summed E-state index contributed by atoms with van der Waals surface area (Å²) < 4.78 is 10.5. The second-order valence-electron chi connectivity index (χ2n) is 3.78. The Morgan fingerprint density at radius 1 is 1.44 bits per heavy atom. The van der Waals surface area contributed by atoms with Gasteiger partial charge in [0.1, 0.15) is 5.75 Å². The van der Waals surface area contributed by atoms with E-state index >= 15 is 0 Å². The Labute approximate surface area is 110 Å². The number of benzene rings is 1. The molecule has 0 bridgehead atoms. The van der Waals surface area contributed by atoms with Crippen LogP contribution in [0.25, 0.3) is 0 Å². The molecule has 1 aliphatic rings. The number of rotatable bonds is 5. The van der Waals surface area contributed by atoms with E-state index in [1.165, 1.54) is 0 Å². The van der Waals surface area contributed by atoms with E-state index in [4.69, 9.17) is 26.2 Å². The molecule has 98 valence electrons. The monoisotopic (exact) mass is 271 g/mol. The van der Waals surface area contributed by atoms with E-state index in [0.717, 1.165) is 0 Å². The Balaban J connectivity index is 2.09. The number of carbonyl (C=O) groups is 1. The number of aliphatic hydroxyl groups excluding tert-OH is 1. The topological polar surface area (TPSA) is 59.0 Å². The molecule has 1 N–H and O–H groups in total. The zero-order valence-electron chi connectivity index (χ0n) is 9.76.